The number of hydrogen-bond donors (Lipinski definition) is 0. The smallest absolute Gasteiger partial charge is 0.104 e. The summed E-state index contributed by atoms with van der Waals surface area (Å²) in [5.74, 6) is 0. The molecule has 0 aliphatic heterocycles. The minimum absolute atomic E-state index is 0.0490. The minimum atomic E-state index is -0.0490. The molecule has 0 aliphatic carbocycles. The molecule has 0 N–H and O–H groups in total. The summed E-state index contributed by atoms with van der Waals surface area (Å²) in [6, 6.07) is 84.0. The number of thiophene rings is 2. The first kappa shape index (κ1) is 56.5. The molecule has 6 heterocycles. The highest BCUT2D eigenvalue weighted by Gasteiger charge is 2.37. The summed E-state index contributed by atoms with van der Waals surface area (Å²) >= 11 is 3.70. The van der Waals surface area contributed by atoms with Gasteiger partial charge < -0.3 is 18.3 Å². The summed E-state index contributed by atoms with van der Waals surface area (Å²) in [4.78, 5) is 0. The third-order valence-electron chi connectivity index (χ3n) is 19.7. The van der Waals surface area contributed by atoms with Gasteiger partial charge in [-0.15, -0.1) is 22.7 Å². The van der Waals surface area contributed by atoms with E-state index in [4.69, 9.17) is 0 Å². The number of nitrogens with zero attached hydrogens (tertiary/aromatic N) is 5. The molecule has 6 aromatic heterocycles. The molecular formula is C87H69N5S2. The van der Waals surface area contributed by atoms with Crippen molar-refractivity contribution in [1.29, 1.82) is 5.26 Å². The topological polar surface area (TPSA) is 43.5 Å². The van der Waals surface area contributed by atoms with E-state index in [0.29, 0.717) is 5.56 Å². The maximum atomic E-state index is 13.7. The lowest BCUT2D eigenvalue weighted by Gasteiger charge is -2.30. The fourth-order valence-electron chi connectivity index (χ4n) is 16.2. The van der Waals surface area contributed by atoms with E-state index >= 15 is 0 Å². The highest BCUT2D eigenvalue weighted by Crippen LogP contribution is 2.55. The van der Waals surface area contributed by atoms with Crippen LogP contribution in [0.1, 0.15) is 80.5 Å². The number of aromatic nitrogens is 4. The lowest BCUT2D eigenvalue weighted by atomic mass is 9.82. The van der Waals surface area contributed by atoms with Crippen molar-refractivity contribution in [2.75, 3.05) is 0 Å². The van der Waals surface area contributed by atoms with Gasteiger partial charge in [-0.25, -0.2) is 0 Å². The van der Waals surface area contributed by atoms with Gasteiger partial charge in [0.15, 0.2) is 0 Å². The number of aryl methyl sites for hydroxylation is 4. The molecule has 0 fully saturated rings. The largest absolute Gasteiger partial charge is 0.306 e. The SMILES string of the molecule is Cc1ccc2c(c1)c1cc(C)ccc1n2-c1c(-c2cc(CC(C)(C)C)cc(CC(C)(C)C)c2)c(-n2c3ccc(C)cc3c3cc(C)ccc32)c(-n2c3ccccc3c3ccc4c5ccccc5sc4c32)c(C#N)c1-n1c2ccccc2c2ccc3c4ccccc4sc3c21. The Hall–Kier alpha value is -10.2. The van der Waals surface area contributed by atoms with E-state index in [1.54, 1.807) is 0 Å². The minimum Gasteiger partial charge on any atom is -0.306 e. The van der Waals surface area contributed by atoms with Crippen LogP contribution in [0.5, 0.6) is 0 Å². The Bertz CT molecular complexity index is 5890. The van der Waals surface area contributed by atoms with Crippen LogP contribution in [-0.4, -0.2) is 18.3 Å². The molecule has 0 saturated heterocycles. The maximum Gasteiger partial charge on any atom is 0.104 e. The zero-order valence-electron chi connectivity index (χ0n) is 54.7. The van der Waals surface area contributed by atoms with Crippen LogP contribution in [0, 0.1) is 49.9 Å². The Morgan fingerprint density at radius 1 is 0.330 bits per heavy atom. The summed E-state index contributed by atoms with van der Waals surface area (Å²) in [7, 11) is 0. The zero-order valence-corrected chi connectivity index (χ0v) is 56.3. The monoisotopic (exact) mass is 1250 g/mol. The van der Waals surface area contributed by atoms with E-state index in [-0.39, 0.29) is 10.8 Å². The molecule has 0 atom stereocenters. The van der Waals surface area contributed by atoms with E-state index < -0.39 is 0 Å². The Kier molecular flexibility index (Phi) is 12.3. The van der Waals surface area contributed by atoms with Crippen LogP contribution in [0.2, 0.25) is 0 Å². The van der Waals surface area contributed by atoms with Gasteiger partial charge in [-0.2, -0.15) is 5.26 Å². The summed E-state index contributed by atoms with van der Waals surface area (Å²) in [6.07, 6.45) is 1.71. The third-order valence-corrected chi connectivity index (χ3v) is 22.1. The van der Waals surface area contributed by atoms with Gasteiger partial charge in [-0.1, -0.05) is 203 Å². The quantitative estimate of drug-likeness (QED) is 0.157. The van der Waals surface area contributed by atoms with Gasteiger partial charge in [-0.05, 0) is 141 Å². The van der Waals surface area contributed by atoms with E-state index in [9.17, 15) is 5.26 Å². The van der Waals surface area contributed by atoms with E-state index in [0.717, 1.165) is 112 Å². The normalized spacial score (nSPS) is 12.6. The van der Waals surface area contributed by atoms with Crippen molar-refractivity contribution in [3.63, 3.8) is 0 Å². The first-order valence-corrected chi connectivity index (χ1v) is 34.6. The molecule has 454 valence electrons. The van der Waals surface area contributed by atoms with Gasteiger partial charge in [-0.3, -0.25) is 0 Å². The molecule has 18 aromatic rings. The van der Waals surface area contributed by atoms with Crippen molar-refractivity contribution in [3.05, 3.63) is 251 Å². The predicted molar refractivity (Wildman–Crippen MR) is 405 cm³/mol. The fourth-order valence-corrected chi connectivity index (χ4v) is 18.7. The highest BCUT2D eigenvalue weighted by molar-refractivity contribution is 7.27. The summed E-state index contributed by atoms with van der Waals surface area (Å²) < 4.78 is 15.1. The lowest BCUT2D eigenvalue weighted by Crippen LogP contribution is -2.17. The molecular weight excluding hydrogens is 1180 g/mol. The molecule has 0 bridgehead atoms. The zero-order chi connectivity index (χ0) is 64.0. The van der Waals surface area contributed by atoms with Crippen molar-refractivity contribution in [3.8, 4) is 39.9 Å². The summed E-state index contributed by atoms with van der Waals surface area (Å²) in [5, 5.41) is 27.8. The van der Waals surface area contributed by atoms with Crippen LogP contribution < -0.4 is 0 Å². The van der Waals surface area contributed by atoms with E-state index in [1.165, 1.54) is 95.3 Å². The Balaban J connectivity index is 1.22. The number of nitriles is 1. The van der Waals surface area contributed by atoms with Crippen LogP contribution in [0.15, 0.2) is 212 Å². The second kappa shape index (κ2) is 20.4. The summed E-state index contributed by atoms with van der Waals surface area (Å²) in [5.41, 5.74) is 22.0. The Morgan fingerprint density at radius 3 is 1.04 bits per heavy atom. The number of rotatable bonds is 7. The predicted octanol–water partition coefficient (Wildman–Crippen LogP) is 24.8. The van der Waals surface area contributed by atoms with Crippen LogP contribution in [0.4, 0.5) is 0 Å². The molecule has 0 radical (unpaired) electrons. The third kappa shape index (κ3) is 8.42. The second-order valence-electron chi connectivity index (χ2n) is 29.1. The fraction of sp³-hybridized carbons (Fsp3) is 0.161. The molecule has 0 amide bonds. The Labute approximate surface area is 554 Å². The molecule has 0 aliphatic rings. The van der Waals surface area contributed by atoms with Crippen molar-refractivity contribution >= 4 is 150 Å². The standard InChI is InChI=1S/C87H69N5S2/c1-49-27-35-71-64(39-49)65-40-50(2)28-36-72(65)89(71)82-77(55-44-53(46-86(5,6)7)43-54(45-55)47-87(8,9)10)83(90-73-37-29-51(3)41-66(73)67-42-52(4)30-38-74(67)90)79(92-70-24-16-12-20-57(70)61-32-34-63-59-22-14-18-26-76(59)94-85(63)81(61)92)68(48-88)78(82)91-69-23-15-11-19-56(69)60-31-33-62-58-21-13-17-25-75(58)93-84(62)80(60)91/h11-45H,46-47H2,1-10H3. The van der Waals surface area contributed by atoms with Crippen molar-refractivity contribution < 1.29 is 0 Å². The van der Waals surface area contributed by atoms with Crippen molar-refractivity contribution in [1.82, 2.24) is 18.3 Å². The number of hydrogen-bond acceptors (Lipinski definition) is 3. The first-order chi connectivity index (χ1) is 45.5. The van der Waals surface area contributed by atoms with Crippen molar-refractivity contribution in [2.24, 2.45) is 10.8 Å². The van der Waals surface area contributed by atoms with Gasteiger partial charge in [0.2, 0.25) is 0 Å². The van der Waals surface area contributed by atoms with Gasteiger partial charge >= 0.3 is 0 Å². The van der Waals surface area contributed by atoms with Crippen LogP contribution >= 0.6 is 22.7 Å². The molecule has 5 nitrogen and oxygen atoms in total. The molecule has 0 saturated carbocycles. The molecule has 0 spiro atoms. The molecule has 18 rings (SSSR count). The molecule has 7 heteroatoms. The van der Waals surface area contributed by atoms with Crippen molar-refractivity contribution in [2.45, 2.75) is 82.1 Å². The highest BCUT2D eigenvalue weighted by atomic mass is 32.1. The van der Waals surface area contributed by atoms with Gasteiger partial charge in [0.1, 0.15) is 11.6 Å². The number of benzene rings is 12. The molecule has 94 heavy (non-hydrogen) atoms. The van der Waals surface area contributed by atoms with Crippen LogP contribution in [0.25, 0.3) is 161 Å². The second-order valence-corrected chi connectivity index (χ2v) is 31.2. The average molecular weight is 1250 g/mol. The van der Waals surface area contributed by atoms with Gasteiger partial charge in [0.05, 0.1) is 76.3 Å². The lowest BCUT2D eigenvalue weighted by molar-refractivity contribution is 0.406. The van der Waals surface area contributed by atoms with Gasteiger partial charge in [0.25, 0.3) is 0 Å². The summed E-state index contributed by atoms with van der Waals surface area (Å²) in [6.45, 7) is 23.1. The van der Waals surface area contributed by atoms with Gasteiger partial charge in [0, 0.05) is 79.6 Å². The Morgan fingerprint density at radius 2 is 0.670 bits per heavy atom. The maximum absolute atomic E-state index is 13.7. The number of fused-ring (bicyclic) bond motifs is 20. The van der Waals surface area contributed by atoms with Crippen LogP contribution in [-0.2, 0) is 12.8 Å². The van der Waals surface area contributed by atoms with E-state index in [2.05, 4.69) is 306 Å². The first-order valence-electron chi connectivity index (χ1n) is 33.0. The molecule has 12 aromatic carbocycles. The number of para-hydroxylation sites is 2. The molecule has 0 unspecified atom stereocenters. The van der Waals surface area contributed by atoms with Crippen LogP contribution in [0.3, 0.4) is 0 Å². The average Bonchev–Trinajstić information content (AvgIpc) is 1.45. The van der Waals surface area contributed by atoms with E-state index in [1.807, 2.05) is 22.7 Å².